The Morgan fingerprint density at radius 1 is 1.33 bits per heavy atom. The molecule has 1 aliphatic rings. The summed E-state index contributed by atoms with van der Waals surface area (Å²) in [5.41, 5.74) is 1.44. The van der Waals surface area contributed by atoms with Gasteiger partial charge in [0.2, 0.25) is 0 Å². The highest BCUT2D eigenvalue weighted by Crippen LogP contribution is 2.06. The molecule has 1 heterocycles. The van der Waals surface area contributed by atoms with Gasteiger partial charge in [-0.25, -0.2) is 0 Å². The van der Waals surface area contributed by atoms with E-state index in [-0.39, 0.29) is 0 Å². The van der Waals surface area contributed by atoms with Crippen LogP contribution in [0.2, 0.25) is 0 Å². The molecule has 12 heavy (non-hydrogen) atoms. The van der Waals surface area contributed by atoms with E-state index in [9.17, 15) is 0 Å². The van der Waals surface area contributed by atoms with Crippen molar-refractivity contribution in [2.75, 3.05) is 6.54 Å². The maximum atomic E-state index is 4.21. The number of rotatable bonds is 1. The molecule has 0 aromatic rings. The van der Waals surface area contributed by atoms with Crippen LogP contribution in [0.5, 0.6) is 0 Å². The number of hydrogen-bond acceptors (Lipinski definition) is 1. The molecular weight excluding hydrogens is 146 g/mol. The molecule has 1 nitrogen and oxygen atoms in total. The molecule has 0 aliphatic carbocycles. The first-order valence-corrected chi connectivity index (χ1v) is 4.43. The summed E-state index contributed by atoms with van der Waals surface area (Å²) in [6, 6.07) is 0. The van der Waals surface area contributed by atoms with Crippen LogP contribution in [0, 0.1) is 0 Å². The molecule has 0 spiro atoms. The summed E-state index contributed by atoms with van der Waals surface area (Å²) in [6.07, 6.45) is 14.6. The van der Waals surface area contributed by atoms with Crippen molar-refractivity contribution < 1.29 is 0 Å². The number of nitrogens with zero attached hydrogens (tertiary/aromatic N) is 1. The van der Waals surface area contributed by atoms with E-state index in [4.69, 9.17) is 0 Å². The van der Waals surface area contributed by atoms with Gasteiger partial charge in [0.05, 0.1) is 6.54 Å². The van der Waals surface area contributed by atoms with Crippen LogP contribution in [-0.4, -0.2) is 12.8 Å². The average Bonchev–Trinajstić information content (AvgIpc) is 2.14. The summed E-state index contributed by atoms with van der Waals surface area (Å²) < 4.78 is 0. The summed E-state index contributed by atoms with van der Waals surface area (Å²) in [5.74, 6) is 0. The topological polar surface area (TPSA) is 12.4 Å². The van der Waals surface area contributed by atoms with Gasteiger partial charge in [-0.15, -0.1) is 0 Å². The van der Waals surface area contributed by atoms with Crippen LogP contribution >= 0.6 is 0 Å². The Morgan fingerprint density at radius 2 is 2.17 bits per heavy atom. The highest BCUT2D eigenvalue weighted by Gasteiger charge is 1.88. The Kier molecular flexibility index (Phi) is 4.14. The van der Waals surface area contributed by atoms with E-state index in [1.54, 1.807) is 0 Å². The molecule has 0 radical (unpaired) electrons. The first-order chi connectivity index (χ1) is 5.93. The molecule has 0 aromatic carbocycles. The van der Waals surface area contributed by atoms with E-state index in [1.165, 1.54) is 5.57 Å². The molecule has 1 aliphatic heterocycles. The number of allylic oxidation sites excluding steroid dienone is 5. The maximum absolute atomic E-state index is 4.21. The predicted octanol–water partition coefficient (Wildman–Crippen LogP) is 2.91. The first kappa shape index (κ1) is 8.98. The van der Waals surface area contributed by atoms with Crippen LogP contribution < -0.4 is 0 Å². The van der Waals surface area contributed by atoms with Gasteiger partial charge >= 0.3 is 0 Å². The molecule has 0 fully saturated rings. The molecular formula is C11H15N. The molecule has 0 N–H and O–H groups in total. The molecule has 0 saturated carbocycles. The van der Waals surface area contributed by atoms with Gasteiger partial charge < -0.3 is 0 Å². The first-order valence-electron chi connectivity index (χ1n) is 4.43. The Morgan fingerprint density at radius 3 is 3.00 bits per heavy atom. The second-order valence-corrected chi connectivity index (χ2v) is 2.75. The van der Waals surface area contributed by atoms with Crippen molar-refractivity contribution in [1.82, 2.24) is 0 Å². The molecule has 0 unspecified atom stereocenters. The normalized spacial score (nSPS) is 27.2. The minimum atomic E-state index is 0.790. The Hall–Kier alpha value is -1.11. The summed E-state index contributed by atoms with van der Waals surface area (Å²) >= 11 is 0. The molecule has 0 amide bonds. The number of aliphatic imine (C=N–C) groups is 1. The summed E-state index contributed by atoms with van der Waals surface area (Å²) in [7, 11) is 0. The lowest BCUT2D eigenvalue weighted by Crippen LogP contribution is -1.82. The zero-order chi connectivity index (χ0) is 8.65. The number of hydrogen-bond donors (Lipinski definition) is 0. The Balaban J connectivity index is 2.63. The van der Waals surface area contributed by atoms with Crippen LogP contribution in [0.4, 0.5) is 0 Å². The third-order valence-electron chi connectivity index (χ3n) is 1.84. The third kappa shape index (κ3) is 3.33. The van der Waals surface area contributed by atoms with Gasteiger partial charge in [0.15, 0.2) is 0 Å². The van der Waals surface area contributed by atoms with E-state index < -0.39 is 0 Å². The average molecular weight is 161 g/mol. The lowest BCUT2D eigenvalue weighted by atomic mass is 10.1. The Labute approximate surface area is 74.2 Å². The lowest BCUT2D eigenvalue weighted by Gasteiger charge is -1.97. The fourth-order valence-electron chi connectivity index (χ4n) is 1.05. The monoisotopic (exact) mass is 161 g/mol. The second kappa shape index (κ2) is 5.53. The van der Waals surface area contributed by atoms with E-state index >= 15 is 0 Å². The Bertz CT molecular complexity index is 231. The van der Waals surface area contributed by atoms with Gasteiger partial charge in [0.25, 0.3) is 0 Å². The van der Waals surface area contributed by atoms with Crippen molar-refractivity contribution in [3.8, 4) is 0 Å². The largest absolute Gasteiger partial charge is 0.289 e. The van der Waals surface area contributed by atoms with Crippen molar-refractivity contribution in [2.45, 2.75) is 19.8 Å². The molecule has 0 bridgehead atoms. The van der Waals surface area contributed by atoms with E-state index in [0.717, 1.165) is 19.4 Å². The highest BCUT2D eigenvalue weighted by atomic mass is 14.7. The van der Waals surface area contributed by atoms with Gasteiger partial charge in [0, 0.05) is 6.21 Å². The third-order valence-corrected chi connectivity index (χ3v) is 1.84. The van der Waals surface area contributed by atoms with Crippen molar-refractivity contribution in [1.29, 1.82) is 0 Å². The van der Waals surface area contributed by atoms with Gasteiger partial charge in [0.1, 0.15) is 0 Å². The minimum absolute atomic E-state index is 0.790. The smallest absolute Gasteiger partial charge is 0.0573 e. The van der Waals surface area contributed by atoms with Crippen molar-refractivity contribution in [3.63, 3.8) is 0 Å². The van der Waals surface area contributed by atoms with Crippen LogP contribution in [0.1, 0.15) is 19.8 Å². The zero-order valence-electron chi connectivity index (χ0n) is 7.53. The van der Waals surface area contributed by atoms with Crippen LogP contribution in [0.25, 0.3) is 0 Å². The molecule has 1 heteroatoms. The van der Waals surface area contributed by atoms with Crippen molar-refractivity contribution in [3.05, 3.63) is 36.0 Å². The maximum Gasteiger partial charge on any atom is 0.0573 e. The molecule has 0 saturated heterocycles. The van der Waals surface area contributed by atoms with E-state index in [2.05, 4.69) is 42.3 Å². The lowest BCUT2D eigenvalue weighted by molar-refractivity contribution is 1.03. The molecule has 64 valence electrons. The highest BCUT2D eigenvalue weighted by molar-refractivity contribution is 5.72. The summed E-state index contributed by atoms with van der Waals surface area (Å²) in [4.78, 5) is 4.21. The molecule has 0 atom stereocenters. The van der Waals surface area contributed by atoms with E-state index in [1.807, 2.05) is 6.21 Å². The summed E-state index contributed by atoms with van der Waals surface area (Å²) in [5, 5.41) is 0. The zero-order valence-corrected chi connectivity index (χ0v) is 7.53. The van der Waals surface area contributed by atoms with Crippen molar-refractivity contribution >= 4 is 6.21 Å². The molecule has 1 rings (SSSR count). The van der Waals surface area contributed by atoms with Gasteiger partial charge in [-0.05, 0) is 18.9 Å². The van der Waals surface area contributed by atoms with E-state index in [0.29, 0.717) is 0 Å². The quantitative estimate of drug-likeness (QED) is 0.560. The van der Waals surface area contributed by atoms with Gasteiger partial charge in [-0.3, -0.25) is 4.99 Å². The predicted molar refractivity (Wildman–Crippen MR) is 54.6 cm³/mol. The van der Waals surface area contributed by atoms with Gasteiger partial charge in [-0.2, -0.15) is 0 Å². The fraction of sp³-hybridized carbons (Fsp3) is 0.364. The molecule has 0 aromatic heterocycles. The van der Waals surface area contributed by atoms with Crippen LogP contribution in [0.15, 0.2) is 40.9 Å². The van der Waals surface area contributed by atoms with Crippen LogP contribution in [0.3, 0.4) is 0 Å². The fourth-order valence-corrected chi connectivity index (χ4v) is 1.05. The summed E-state index contributed by atoms with van der Waals surface area (Å²) in [6.45, 7) is 2.97. The van der Waals surface area contributed by atoms with Gasteiger partial charge in [-0.1, -0.05) is 36.8 Å². The minimum Gasteiger partial charge on any atom is -0.289 e. The SMILES string of the molecule is CC/C1=C/C=NC/C=C\C=C/C1. The van der Waals surface area contributed by atoms with Crippen LogP contribution in [-0.2, 0) is 0 Å². The second-order valence-electron chi connectivity index (χ2n) is 2.75. The standard InChI is InChI=1S/C11H15N/c1-2-11-7-5-3-4-6-9-12-10-8-11/h3-6,8,10H,2,7,9H2,1H3/b5-3-,6-4-,11-8-,12-10?. The van der Waals surface area contributed by atoms with Crippen molar-refractivity contribution in [2.24, 2.45) is 4.99 Å².